The van der Waals surface area contributed by atoms with E-state index in [9.17, 15) is 20.0 Å². The van der Waals surface area contributed by atoms with Crippen molar-refractivity contribution in [3.05, 3.63) is 46.1 Å². The van der Waals surface area contributed by atoms with Crippen molar-refractivity contribution in [2.24, 2.45) is 5.16 Å². The molecule has 0 bridgehead atoms. The summed E-state index contributed by atoms with van der Waals surface area (Å²) in [7, 11) is 0. The van der Waals surface area contributed by atoms with Crippen molar-refractivity contribution in [3.63, 3.8) is 0 Å². The number of carboxylic acid groups (broad SMARTS) is 1. The van der Waals surface area contributed by atoms with E-state index >= 15 is 0 Å². The fourth-order valence-corrected chi connectivity index (χ4v) is 1.90. The summed E-state index contributed by atoms with van der Waals surface area (Å²) in [5, 5.41) is 37.1. The lowest BCUT2D eigenvalue weighted by atomic mass is 10.1. The van der Waals surface area contributed by atoms with Gasteiger partial charge in [-0.1, -0.05) is 17.3 Å². The normalized spacial score (nSPS) is 10.9. The Kier molecular flexibility index (Phi) is 4.47. The zero-order valence-corrected chi connectivity index (χ0v) is 11.2. The van der Waals surface area contributed by atoms with Crippen molar-refractivity contribution in [1.29, 1.82) is 0 Å². The summed E-state index contributed by atoms with van der Waals surface area (Å²) in [5.74, 6) is -1.22. The van der Waals surface area contributed by atoms with Gasteiger partial charge in [0.15, 0.2) is 0 Å². The van der Waals surface area contributed by atoms with Crippen LogP contribution in [0.15, 0.2) is 35.6 Å². The number of nitrogens with zero attached hydrogens (tertiary/aromatic N) is 4. The number of carbonyl (C=O) groups is 1. The smallest absolute Gasteiger partial charge is 0.270 e. The number of carbonyl (C=O) groups excluding carboxylic acids is 1. The molecule has 0 aliphatic heterocycles. The first kappa shape index (κ1) is 15.2. The molecule has 1 heterocycles. The lowest BCUT2D eigenvalue weighted by molar-refractivity contribution is -0.384. The summed E-state index contributed by atoms with van der Waals surface area (Å²) in [6.07, 6.45) is 2.37. The Morgan fingerprint density at radius 3 is 2.91 bits per heavy atom. The molecule has 9 heteroatoms. The largest absolute Gasteiger partial charge is 0.550 e. The Labute approximate surface area is 124 Å². The van der Waals surface area contributed by atoms with E-state index in [4.69, 9.17) is 5.21 Å². The van der Waals surface area contributed by atoms with Crippen LogP contribution < -0.4 is 5.11 Å². The van der Waals surface area contributed by atoms with Crippen LogP contribution in [-0.2, 0) is 11.3 Å². The maximum Gasteiger partial charge on any atom is 0.270 e. The van der Waals surface area contributed by atoms with Gasteiger partial charge in [-0.05, 0) is 0 Å². The summed E-state index contributed by atoms with van der Waals surface area (Å²) in [5.41, 5.74) is 1.10. The predicted octanol–water partition coefficient (Wildman–Crippen LogP) is 0.406. The van der Waals surface area contributed by atoms with Gasteiger partial charge in [0.05, 0.1) is 11.1 Å². The van der Waals surface area contributed by atoms with Gasteiger partial charge in [0.25, 0.3) is 5.69 Å². The second-order valence-electron chi connectivity index (χ2n) is 4.37. The van der Waals surface area contributed by atoms with Gasteiger partial charge in [-0.2, -0.15) is 5.10 Å². The third kappa shape index (κ3) is 3.45. The molecular weight excluding hydrogens is 292 g/mol. The third-order valence-electron chi connectivity index (χ3n) is 2.86. The molecule has 114 valence electrons. The van der Waals surface area contributed by atoms with Crippen LogP contribution >= 0.6 is 0 Å². The van der Waals surface area contributed by atoms with Crippen LogP contribution in [0.2, 0.25) is 0 Å². The van der Waals surface area contributed by atoms with Crippen LogP contribution in [-0.4, -0.2) is 32.1 Å². The number of oxime groups is 1. The van der Waals surface area contributed by atoms with Crippen LogP contribution in [0.3, 0.4) is 0 Å². The van der Waals surface area contributed by atoms with Crippen LogP contribution in [0, 0.1) is 10.1 Å². The number of benzene rings is 1. The van der Waals surface area contributed by atoms with Gasteiger partial charge in [-0.3, -0.25) is 14.8 Å². The molecule has 0 atom stereocenters. The Morgan fingerprint density at radius 1 is 1.50 bits per heavy atom. The number of non-ortho nitro benzene ring substituents is 1. The van der Waals surface area contributed by atoms with Gasteiger partial charge in [0.1, 0.15) is 5.69 Å². The Morgan fingerprint density at radius 2 is 2.27 bits per heavy atom. The first-order chi connectivity index (χ1) is 10.5. The Bertz CT molecular complexity index is 738. The molecule has 0 amide bonds. The maximum atomic E-state index is 10.8. The minimum Gasteiger partial charge on any atom is -0.550 e. The molecule has 9 nitrogen and oxygen atoms in total. The van der Waals surface area contributed by atoms with Crippen molar-refractivity contribution in [3.8, 4) is 11.3 Å². The Hall–Kier alpha value is -3.23. The molecule has 0 fully saturated rings. The van der Waals surface area contributed by atoms with E-state index in [1.54, 1.807) is 6.07 Å². The molecule has 0 aliphatic rings. The van der Waals surface area contributed by atoms with Crippen molar-refractivity contribution < 1.29 is 20.0 Å². The maximum absolute atomic E-state index is 10.8. The summed E-state index contributed by atoms with van der Waals surface area (Å²) >= 11 is 0. The van der Waals surface area contributed by atoms with Gasteiger partial charge in [0.2, 0.25) is 0 Å². The molecule has 22 heavy (non-hydrogen) atoms. The summed E-state index contributed by atoms with van der Waals surface area (Å²) < 4.78 is 1.35. The molecule has 2 aromatic rings. The van der Waals surface area contributed by atoms with E-state index in [1.165, 1.54) is 29.1 Å². The van der Waals surface area contributed by atoms with Gasteiger partial charge in [-0.15, -0.1) is 0 Å². The van der Waals surface area contributed by atoms with Crippen molar-refractivity contribution >= 4 is 17.9 Å². The molecular formula is C13H11N4O5-. The van der Waals surface area contributed by atoms with Gasteiger partial charge in [0, 0.05) is 48.4 Å². The quantitative estimate of drug-likeness (QED) is 0.355. The molecule has 1 N–H and O–H groups in total. The van der Waals surface area contributed by atoms with E-state index in [0.717, 1.165) is 6.21 Å². The monoisotopic (exact) mass is 303 g/mol. The van der Waals surface area contributed by atoms with Gasteiger partial charge >= 0.3 is 0 Å². The van der Waals surface area contributed by atoms with E-state index < -0.39 is 10.9 Å². The van der Waals surface area contributed by atoms with Crippen molar-refractivity contribution in [2.75, 3.05) is 0 Å². The number of aromatic nitrogens is 2. The van der Waals surface area contributed by atoms with E-state index in [1.807, 2.05) is 0 Å². The average Bonchev–Trinajstić information content (AvgIpc) is 2.89. The van der Waals surface area contributed by atoms with E-state index in [2.05, 4.69) is 10.3 Å². The SMILES string of the molecule is O=C([O-])CCn1cc(/C=N\O)c(-c2cccc([N+](=O)[O-])c2)n1. The third-order valence-corrected chi connectivity index (χ3v) is 2.86. The number of rotatable bonds is 6. The van der Waals surface area contributed by atoms with Crippen LogP contribution in [0.5, 0.6) is 0 Å². The van der Waals surface area contributed by atoms with Gasteiger partial charge < -0.3 is 15.1 Å². The first-order valence-corrected chi connectivity index (χ1v) is 6.21. The highest BCUT2D eigenvalue weighted by Gasteiger charge is 2.13. The van der Waals surface area contributed by atoms with Gasteiger partial charge in [-0.25, -0.2) is 0 Å². The highest BCUT2D eigenvalue weighted by Crippen LogP contribution is 2.25. The number of hydrogen-bond acceptors (Lipinski definition) is 7. The molecule has 0 radical (unpaired) electrons. The molecule has 2 rings (SSSR count). The standard InChI is InChI=1S/C13H12N4O5/c18-12(19)4-5-16-8-10(7-14-20)13(15-16)9-2-1-3-11(6-9)17(21)22/h1-3,6-8,20H,4-5H2,(H,18,19)/p-1/b14-7-. The zero-order valence-electron chi connectivity index (χ0n) is 11.2. The first-order valence-electron chi connectivity index (χ1n) is 6.21. The summed E-state index contributed by atoms with van der Waals surface area (Å²) in [6.45, 7) is 0.0729. The van der Waals surface area contributed by atoms with E-state index in [-0.39, 0.29) is 18.7 Å². The van der Waals surface area contributed by atoms with E-state index in [0.29, 0.717) is 16.8 Å². The van der Waals surface area contributed by atoms with Crippen LogP contribution in [0.1, 0.15) is 12.0 Å². The highest BCUT2D eigenvalue weighted by molar-refractivity contribution is 5.88. The number of aliphatic carboxylic acids is 1. The number of nitro groups is 1. The molecule has 0 saturated carbocycles. The molecule has 0 spiro atoms. The number of nitro benzene ring substituents is 1. The summed E-state index contributed by atoms with van der Waals surface area (Å²) in [6, 6.07) is 5.80. The van der Waals surface area contributed by atoms with Crippen molar-refractivity contribution in [2.45, 2.75) is 13.0 Å². The van der Waals surface area contributed by atoms with Crippen LogP contribution in [0.4, 0.5) is 5.69 Å². The molecule has 1 aromatic heterocycles. The molecule has 0 saturated heterocycles. The average molecular weight is 303 g/mol. The lowest BCUT2D eigenvalue weighted by Gasteiger charge is -2.02. The van der Waals surface area contributed by atoms with Crippen LogP contribution in [0.25, 0.3) is 11.3 Å². The highest BCUT2D eigenvalue weighted by atomic mass is 16.6. The minimum atomic E-state index is -1.22. The fraction of sp³-hybridized carbons (Fsp3) is 0.154. The Balaban J connectivity index is 2.42. The predicted molar refractivity (Wildman–Crippen MR) is 73.3 cm³/mol. The second kappa shape index (κ2) is 6.48. The van der Waals surface area contributed by atoms with Crippen molar-refractivity contribution in [1.82, 2.24) is 9.78 Å². The molecule has 1 aromatic carbocycles. The second-order valence-corrected chi connectivity index (χ2v) is 4.37. The molecule has 0 aliphatic carbocycles. The number of aryl methyl sites for hydroxylation is 1. The zero-order chi connectivity index (χ0) is 16.1. The fourth-order valence-electron chi connectivity index (χ4n) is 1.90. The summed E-state index contributed by atoms with van der Waals surface area (Å²) in [4.78, 5) is 20.8. The topological polar surface area (TPSA) is 134 Å². The number of carboxylic acids is 1. The number of hydrogen-bond donors (Lipinski definition) is 1. The molecule has 0 unspecified atom stereocenters. The minimum absolute atomic E-state index is 0.0729. The lowest BCUT2D eigenvalue weighted by Crippen LogP contribution is -2.23.